The summed E-state index contributed by atoms with van der Waals surface area (Å²) >= 11 is 0. The highest BCUT2D eigenvalue weighted by Gasteiger charge is 2.36. The molecule has 0 aromatic rings. The third-order valence-electron chi connectivity index (χ3n) is 3.93. The van der Waals surface area contributed by atoms with Gasteiger partial charge in [0.15, 0.2) is 0 Å². The van der Waals surface area contributed by atoms with Crippen LogP contribution in [-0.2, 0) is 14.3 Å². The molecule has 5 nitrogen and oxygen atoms in total. The Morgan fingerprint density at radius 3 is 2.53 bits per heavy atom. The summed E-state index contributed by atoms with van der Waals surface area (Å²) < 4.78 is 10.4. The molecule has 1 saturated heterocycles. The summed E-state index contributed by atoms with van der Waals surface area (Å²) in [5.74, 6) is 0.487. The molecular formula is C14H28N2O3. The van der Waals surface area contributed by atoms with Crippen molar-refractivity contribution in [2.75, 3.05) is 47.0 Å². The molecule has 0 amide bonds. The van der Waals surface area contributed by atoms with Crippen LogP contribution in [0.25, 0.3) is 0 Å². The Hall–Kier alpha value is -0.650. The summed E-state index contributed by atoms with van der Waals surface area (Å²) in [6, 6.07) is 0. The minimum atomic E-state index is -0.621. The molecule has 0 aliphatic carbocycles. The second-order valence-corrected chi connectivity index (χ2v) is 5.48. The molecule has 0 aromatic carbocycles. The van der Waals surface area contributed by atoms with Gasteiger partial charge >= 0.3 is 5.97 Å². The van der Waals surface area contributed by atoms with Gasteiger partial charge in [0.1, 0.15) is 5.54 Å². The van der Waals surface area contributed by atoms with Gasteiger partial charge in [-0.3, -0.25) is 4.79 Å². The van der Waals surface area contributed by atoms with Gasteiger partial charge in [-0.15, -0.1) is 0 Å². The number of hydrogen-bond donors (Lipinski definition) is 1. The van der Waals surface area contributed by atoms with E-state index in [1.807, 2.05) is 20.9 Å². The number of likely N-dealkylation sites (N-methyl/N-ethyl adjacent to an activating group) is 1. The summed E-state index contributed by atoms with van der Waals surface area (Å²) in [5, 5.41) is 3.11. The number of ether oxygens (including phenoxy) is 2. The molecule has 112 valence electrons. The van der Waals surface area contributed by atoms with Gasteiger partial charge in [0.05, 0.1) is 6.61 Å². The van der Waals surface area contributed by atoms with Crippen LogP contribution in [0.1, 0.15) is 26.7 Å². The lowest BCUT2D eigenvalue weighted by Crippen LogP contribution is -2.57. The number of carbonyl (C=O) groups is 1. The summed E-state index contributed by atoms with van der Waals surface area (Å²) in [6.45, 7) is 7.74. The minimum absolute atomic E-state index is 0.170. The third-order valence-corrected chi connectivity index (χ3v) is 3.93. The molecule has 0 saturated carbocycles. The fourth-order valence-electron chi connectivity index (χ4n) is 2.53. The van der Waals surface area contributed by atoms with E-state index in [-0.39, 0.29) is 5.97 Å². The van der Waals surface area contributed by atoms with Crippen LogP contribution in [0.5, 0.6) is 0 Å². The zero-order valence-electron chi connectivity index (χ0n) is 12.7. The maximum Gasteiger partial charge on any atom is 0.327 e. The van der Waals surface area contributed by atoms with Crippen LogP contribution in [0.15, 0.2) is 0 Å². The number of piperidine rings is 1. The Morgan fingerprint density at radius 1 is 1.42 bits per heavy atom. The van der Waals surface area contributed by atoms with E-state index in [2.05, 4.69) is 10.2 Å². The highest BCUT2D eigenvalue weighted by molar-refractivity contribution is 5.80. The summed E-state index contributed by atoms with van der Waals surface area (Å²) in [6.07, 6.45) is 2.27. The fraction of sp³-hybridized carbons (Fsp3) is 0.929. The van der Waals surface area contributed by atoms with E-state index in [1.54, 1.807) is 7.11 Å². The topological polar surface area (TPSA) is 50.8 Å². The van der Waals surface area contributed by atoms with Gasteiger partial charge in [-0.1, -0.05) is 0 Å². The van der Waals surface area contributed by atoms with Crippen LogP contribution >= 0.6 is 0 Å². The molecule has 1 aliphatic rings. The number of hydrogen-bond acceptors (Lipinski definition) is 5. The van der Waals surface area contributed by atoms with Gasteiger partial charge in [0, 0.05) is 20.3 Å². The molecule has 0 spiro atoms. The Kier molecular flexibility index (Phi) is 6.75. The van der Waals surface area contributed by atoms with Crippen molar-refractivity contribution in [1.82, 2.24) is 10.2 Å². The van der Waals surface area contributed by atoms with Crippen LogP contribution in [-0.4, -0.2) is 63.4 Å². The van der Waals surface area contributed by atoms with Crippen molar-refractivity contribution in [3.05, 3.63) is 0 Å². The van der Waals surface area contributed by atoms with E-state index < -0.39 is 5.54 Å². The average molecular weight is 272 g/mol. The van der Waals surface area contributed by atoms with Crippen LogP contribution in [0.3, 0.4) is 0 Å². The molecule has 19 heavy (non-hydrogen) atoms. The van der Waals surface area contributed by atoms with E-state index >= 15 is 0 Å². The van der Waals surface area contributed by atoms with Crippen LogP contribution in [0.4, 0.5) is 0 Å². The van der Waals surface area contributed by atoms with Crippen molar-refractivity contribution in [3.8, 4) is 0 Å². The Morgan fingerprint density at radius 2 is 2.05 bits per heavy atom. The number of rotatable bonds is 7. The number of nitrogens with zero attached hydrogens (tertiary/aromatic N) is 1. The maximum absolute atomic E-state index is 12.0. The van der Waals surface area contributed by atoms with Crippen LogP contribution in [0.2, 0.25) is 0 Å². The average Bonchev–Trinajstić information content (AvgIpc) is 2.41. The lowest BCUT2D eigenvalue weighted by molar-refractivity contribution is -0.151. The zero-order valence-corrected chi connectivity index (χ0v) is 12.7. The van der Waals surface area contributed by atoms with Crippen molar-refractivity contribution in [2.24, 2.45) is 5.92 Å². The first-order valence-electron chi connectivity index (χ1n) is 7.13. The quantitative estimate of drug-likeness (QED) is 0.697. The van der Waals surface area contributed by atoms with Crippen LogP contribution in [0, 0.1) is 5.92 Å². The smallest absolute Gasteiger partial charge is 0.327 e. The summed E-state index contributed by atoms with van der Waals surface area (Å²) in [7, 11) is 3.57. The predicted octanol–water partition coefficient (Wildman–Crippen LogP) is 0.886. The second kappa shape index (κ2) is 7.82. The maximum atomic E-state index is 12.0. The molecule has 0 aromatic heterocycles. The van der Waals surface area contributed by atoms with Gasteiger partial charge in [-0.25, -0.2) is 0 Å². The molecule has 1 unspecified atom stereocenters. The van der Waals surface area contributed by atoms with Gasteiger partial charge < -0.3 is 19.7 Å². The highest BCUT2D eigenvalue weighted by Crippen LogP contribution is 2.19. The Labute approximate surface area is 116 Å². The molecule has 1 heterocycles. The van der Waals surface area contributed by atoms with E-state index in [9.17, 15) is 4.79 Å². The number of esters is 1. The molecular weight excluding hydrogens is 244 g/mol. The molecule has 5 heteroatoms. The highest BCUT2D eigenvalue weighted by atomic mass is 16.5. The first kappa shape index (κ1) is 16.4. The van der Waals surface area contributed by atoms with E-state index in [1.165, 1.54) is 0 Å². The molecule has 1 fully saturated rings. The zero-order chi connectivity index (χ0) is 14.3. The van der Waals surface area contributed by atoms with Gasteiger partial charge in [-0.05, 0) is 52.7 Å². The Balaban J connectivity index is 2.47. The monoisotopic (exact) mass is 272 g/mol. The van der Waals surface area contributed by atoms with Gasteiger partial charge in [0.2, 0.25) is 0 Å². The molecule has 0 bridgehead atoms. The van der Waals surface area contributed by atoms with Gasteiger partial charge in [0.25, 0.3) is 0 Å². The first-order chi connectivity index (χ1) is 9.05. The van der Waals surface area contributed by atoms with Crippen LogP contribution < -0.4 is 5.32 Å². The molecule has 1 N–H and O–H groups in total. The lowest BCUT2D eigenvalue weighted by Gasteiger charge is -2.37. The third kappa shape index (κ3) is 4.75. The fourth-order valence-corrected chi connectivity index (χ4v) is 2.53. The van der Waals surface area contributed by atoms with Crippen molar-refractivity contribution in [1.29, 1.82) is 0 Å². The number of likely N-dealkylation sites (tertiary alicyclic amines) is 1. The Bertz CT molecular complexity index is 278. The van der Waals surface area contributed by atoms with Gasteiger partial charge in [-0.2, -0.15) is 0 Å². The number of nitrogens with one attached hydrogen (secondary N) is 1. The second-order valence-electron chi connectivity index (χ2n) is 5.48. The predicted molar refractivity (Wildman–Crippen MR) is 75.1 cm³/mol. The minimum Gasteiger partial charge on any atom is -0.465 e. The summed E-state index contributed by atoms with van der Waals surface area (Å²) in [5.41, 5.74) is -0.621. The standard InChI is InChI=1S/C14H28N2O3/c1-5-19-13(17)14(2,15-3)11-16-8-6-12(7-9-16)10-18-4/h12,15H,5-11H2,1-4H3. The van der Waals surface area contributed by atoms with E-state index in [0.29, 0.717) is 19.1 Å². The number of carbonyl (C=O) groups excluding carboxylic acids is 1. The summed E-state index contributed by atoms with van der Waals surface area (Å²) in [4.78, 5) is 14.3. The SMILES string of the molecule is CCOC(=O)C(C)(CN1CCC(COC)CC1)NC. The molecule has 1 rings (SSSR count). The molecule has 1 atom stereocenters. The lowest BCUT2D eigenvalue weighted by atomic mass is 9.95. The van der Waals surface area contributed by atoms with E-state index in [4.69, 9.17) is 9.47 Å². The van der Waals surface area contributed by atoms with Crippen molar-refractivity contribution < 1.29 is 14.3 Å². The van der Waals surface area contributed by atoms with Crippen molar-refractivity contribution >= 4 is 5.97 Å². The van der Waals surface area contributed by atoms with Crippen molar-refractivity contribution in [3.63, 3.8) is 0 Å². The normalized spacial score (nSPS) is 21.1. The molecule has 1 aliphatic heterocycles. The van der Waals surface area contributed by atoms with E-state index in [0.717, 1.165) is 32.5 Å². The van der Waals surface area contributed by atoms with Crippen molar-refractivity contribution in [2.45, 2.75) is 32.2 Å². The molecule has 0 radical (unpaired) electrons. The largest absolute Gasteiger partial charge is 0.465 e. The first-order valence-corrected chi connectivity index (χ1v) is 7.13. The number of methoxy groups -OCH3 is 1.